The fourth-order valence-corrected chi connectivity index (χ4v) is 1.65. The summed E-state index contributed by atoms with van der Waals surface area (Å²) in [5, 5.41) is 8.75. The molecule has 1 atom stereocenters. The van der Waals surface area contributed by atoms with Crippen LogP contribution in [0.5, 0.6) is 0 Å². The number of hydrogen-bond acceptors (Lipinski definition) is 2. The van der Waals surface area contributed by atoms with E-state index in [1.54, 1.807) is 0 Å². The lowest BCUT2D eigenvalue weighted by molar-refractivity contribution is -0.139. The van der Waals surface area contributed by atoms with Crippen LogP contribution in [0, 0.1) is 0 Å². The minimum Gasteiger partial charge on any atom is -0.479 e. The van der Waals surface area contributed by atoms with Gasteiger partial charge in [0.1, 0.15) is 0 Å². The summed E-state index contributed by atoms with van der Waals surface area (Å²) < 4.78 is -1.07. The molecule has 0 heterocycles. The van der Waals surface area contributed by atoms with Crippen LogP contribution in [-0.4, -0.2) is 14.6 Å². The number of carbonyl (C=O) groups is 1. The minimum atomic E-state index is -1.07. The van der Waals surface area contributed by atoms with Gasteiger partial charge in [-0.15, -0.1) is 0 Å². The van der Waals surface area contributed by atoms with Gasteiger partial charge in [0, 0.05) is 0 Å². The first-order chi connectivity index (χ1) is 6.50. The number of halogens is 1. The summed E-state index contributed by atoms with van der Waals surface area (Å²) in [6.07, 6.45) is 7.53. The number of carboxylic acids is 1. The first kappa shape index (κ1) is 14.2. The molecule has 4 heteroatoms. The molecule has 0 spiro atoms. The molecule has 0 fully saturated rings. The Hall–Kier alpha value is 0.160. The number of nitrogens with two attached hydrogens (primary N) is 1. The Morgan fingerprint density at radius 1 is 1.29 bits per heavy atom. The van der Waals surface area contributed by atoms with E-state index in [9.17, 15) is 4.79 Å². The number of aliphatic carboxylic acids is 1. The number of rotatable bonds is 8. The maximum Gasteiger partial charge on any atom is 0.333 e. The summed E-state index contributed by atoms with van der Waals surface area (Å²) in [6, 6.07) is 0. The Labute approximate surface area is 99.6 Å². The number of unbranched alkanes of at least 4 members (excludes halogenated alkanes) is 5. The lowest BCUT2D eigenvalue weighted by Gasteiger charge is -2.16. The van der Waals surface area contributed by atoms with E-state index in [0.717, 1.165) is 12.8 Å². The monoisotopic (exact) mass is 313 g/mol. The third-order valence-corrected chi connectivity index (χ3v) is 3.25. The third kappa shape index (κ3) is 6.59. The zero-order chi connectivity index (χ0) is 11.0. The molecule has 0 saturated heterocycles. The summed E-state index contributed by atoms with van der Waals surface area (Å²) >= 11 is 1.81. The predicted octanol–water partition coefficient (Wildman–Crippen LogP) is 2.91. The fraction of sp³-hybridized carbons (Fsp3) is 0.900. The highest BCUT2D eigenvalue weighted by atomic mass is 127. The zero-order valence-corrected chi connectivity index (χ0v) is 10.9. The van der Waals surface area contributed by atoms with Gasteiger partial charge in [-0.1, -0.05) is 45.4 Å². The molecule has 1 unspecified atom stereocenters. The number of carboxylic acid groups (broad SMARTS) is 1. The minimum absolute atomic E-state index is 0.565. The second-order valence-electron chi connectivity index (χ2n) is 3.69. The maximum atomic E-state index is 10.7. The Bertz CT molecular complexity index is 172. The summed E-state index contributed by atoms with van der Waals surface area (Å²) in [7, 11) is 0. The molecule has 0 aromatic rings. The normalized spacial score (nSPS) is 15.1. The average Bonchev–Trinajstić information content (AvgIpc) is 2.10. The van der Waals surface area contributed by atoms with Gasteiger partial charge in [-0.3, -0.25) is 0 Å². The molecular formula is C10H20INO2. The molecule has 0 aliphatic carbocycles. The van der Waals surface area contributed by atoms with Crippen molar-refractivity contribution < 1.29 is 9.90 Å². The highest BCUT2D eigenvalue weighted by Gasteiger charge is 2.29. The Balaban J connectivity index is 3.40. The third-order valence-electron chi connectivity index (χ3n) is 2.25. The van der Waals surface area contributed by atoms with Crippen molar-refractivity contribution in [3.63, 3.8) is 0 Å². The molecule has 0 radical (unpaired) electrons. The van der Waals surface area contributed by atoms with Gasteiger partial charge in [-0.2, -0.15) is 0 Å². The Morgan fingerprint density at radius 2 is 1.79 bits per heavy atom. The van der Waals surface area contributed by atoms with Crippen molar-refractivity contribution in [3.8, 4) is 0 Å². The summed E-state index contributed by atoms with van der Waals surface area (Å²) in [4.78, 5) is 10.7. The van der Waals surface area contributed by atoms with Crippen LogP contribution in [0.3, 0.4) is 0 Å². The summed E-state index contributed by atoms with van der Waals surface area (Å²) in [5.74, 6) is -0.911. The van der Waals surface area contributed by atoms with Gasteiger partial charge in [-0.05, 0) is 29.0 Å². The predicted molar refractivity (Wildman–Crippen MR) is 66.6 cm³/mol. The van der Waals surface area contributed by atoms with Gasteiger partial charge in [-0.25, -0.2) is 4.79 Å². The van der Waals surface area contributed by atoms with Gasteiger partial charge in [0.05, 0.1) is 0 Å². The molecule has 0 bridgehead atoms. The highest BCUT2D eigenvalue weighted by molar-refractivity contribution is 14.1. The topological polar surface area (TPSA) is 63.3 Å². The van der Waals surface area contributed by atoms with Crippen LogP contribution < -0.4 is 5.73 Å². The van der Waals surface area contributed by atoms with Crippen molar-refractivity contribution in [3.05, 3.63) is 0 Å². The lowest BCUT2D eigenvalue weighted by atomic mass is 10.1. The van der Waals surface area contributed by atoms with Gasteiger partial charge < -0.3 is 10.8 Å². The molecule has 0 amide bonds. The van der Waals surface area contributed by atoms with Crippen molar-refractivity contribution in [2.45, 2.75) is 55.4 Å². The van der Waals surface area contributed by atoms with Gasteiger partial charge in [0.2, 0.25) is 0 Å². The van der Waals surface area contributed by atoms with Crippen molar-refractivity contribution in [2.24, 2.45) is 5.73 Å². The molecule has 0 aromatic heterocycles. The first-order valence-electron chi connectivity index (χ1n) is 5.22. The first-order valence-corrected chi connectivity index (χ1v) is 6.29. The van der Waals surface area contributed by atoms with Crippen LogP contribution in [0.2, 0.25) is 0 Å². The molecule has 0 aromatic carbocycles. The average molecular weight is 313 g/mol. The smallest absolute Gasteiger partial charge is 0.333 e. The number of hydrogen-bond donors (Lipinski definition) is 2. The second-order valence-corrected chi connectivity index (χ2v) is 5.61. The quantitative estimate of drug-likeness (QED) is 0.313. The van der Waals surface area contributed by atoms with E-state index in [1.807, 2.05) is 22.6 Å². The van der Waals surface area contributed by atoms with E-state index in [4.69, 9.17) is 10.8 Å². The van der Waals surface area contributed by atoms with Gasteiger partial charge in [0.15, 0.2) is 3.55 Å². The molecule has 3 nitrogen and oxygen atoms in total. The molecule has 0 saturated carbocycles. The molecule has 84 valence electrons. The van der Waals surface area contributed by atoms with Gasteiger partial charge >= 0.3 is 5.97 Å². The van der Waals surface area contributed by atoms with E-state index in [0.29, 0.717) is 6.42 Å². The van der Waals surface area contributed by atoms with Crippen molar-refractivity contribution in [1.82, 2.24) is 0 Å². The standard InChI is InChI=1S/C10H20INO2/c1-2-3-4-5-6-7-8-10(11,12)9(13)14/h2-8,12H2,1H3,(H,13,14). The SMILES string of the molecule is CCCCCCCCC(N)(I)C(=O)O. The maximum absolute atomic E-state index is 10.7. The number of alkyl halides is 1. The summed E-state index contributed by atoms with van der Waals surface area (Å²) in [5.41, 5.74) is 5.59. The van der Waals surface area contributed by atoms with Crippen molar-refractivity contribution in [2.75, 3.05) is 0 Å². The van der Waals surface area contributed by atoms with Crippen molar-refractivity contribution in [1.29, 1.82) is 0 Å². The molecule has 14 heavy (non-hydrogen) atoms. The van der Waals surface area contributed by atoms with Crippen LogP contribution in [0.15, 0.2) is 0 Å². The molecule has 0 aliphatic rings. The molecule has 3 N–H and O–H groups in total. The van der Waals surface area contributed by atoms with Crippen LogP contribution in [0.1, 0.15) is 51.9 Å². The molecular weight excluding hydrogens is 293 g/mol. The fourth-order valence-electron chi connectivity index (χ4n) is 1.27. The summed E-state index contributed by atoms with van der Waals surface area (Å²) in [6.45, 7) is 2.18. The van der Waals surface area contributed by atoms with E-state index in [-0.39, 0.29) is 0 Å². The lowest BCUT2D eigenvalue weighted by Crippen LogP contribution is -2.41. The van der Waals surface area contributed by atoms with E-state index in [1.165, 1.54) is 25.7 Å². The van der Waals surface area contributed by atoms with Crippen molar-refractivity contribution >= 4 is 28.6 Å². The largest absolute Gasteiger partial charge is 0.479 e. The Morgan fingerprint density at radius 3 is 2.29 bits per heavy atom. The second kappa shape index (κ2) is 7.45. The van der Waals surface area contributed by atoms with Crippen LogP contribution >= 0.6 is 22.6 Å². The molecule has 0 aliphatic heterocycles. The van der Waals surface area contributed by atoms with Crippen LogP contribution in [-0.2, 0) is 4.79 Å². The van der Waals surface area contributed by atoms with E-state index in [2.05, 4.69) is 6.92 Å². The van der Waals surface area contributed by atoms with E-state index >= 15 is 0 Å². The Kier molecular flexibility index (Phi) is 7.54. The van der Waals surface area contributed by atoms with E-state index < -0.39 is 9.51 Å². The zero-order valence-electron chi connectivity index (χ0n) is 8.76. The van der Waals surface area contributed by atoms with Crippen LogP contribution in [0.4, 0.5) is 0 Å². The highest BCUT2D eigenvalue weighted by Crippen LogP contribution is 2.20. The van der Waals surface area contributed by atoms with Crippen LogP contribution in [0.25, 0.3) is 0 Å². The van der Waals surface area contributed by atoms with Gasteiger partial charge in [0.25, 0.3) is 0 Å². The molecule has 0 rings (SSSR count).